The lowest BCUT2D eigenvalue weighted by atomic mass is 9.78. The van der Waals surface area contributed by atoms with Crippen LogP contribution >= 0.6 is 0 Å². The fourth-order valence-electron chi connectivity index (χ4n) is 2.56. The highest BCUT2D eigenvalue weighted by Gasteiger charge is 2.32. The predicted octanol–water partition coefficient (Wildman–Crippen LogP) is 1.24. The molecule has 5 nitrogen and oxygen atoms in total. The molecule has 0 spiro atoms. The van der Waals surface area contributed by atoms with E-state index < -0.39 is 0 Å². The molecule has 0 atom stereocenters. The molecule has 0 aliphatic carbocycles. The van der Waals surface area contributed by atoms with Gasteiger partial charge in [0.05, 0.1) is 18.2 Å². The standard InChI is InChI=1S/C12H17N5/c1-12(2-4-13-5-3-12)11-8-14-9-17(11)10-6-15-16-7-10/h6-9,13H,2-5H2,1H3,(H,15,16). The average Bonchev–Trinajstić information content (AvgIpc) is 3.01. The molecular weight excluding hydrogens is 214 g/mol. The van der Waals surface area contributed by atoms with Crippen molar-refractivity contribution in [3.05, 3.63) is 30.6 Å². The first kappa shape index (κ1) is 10.5. The molecule has 0 aromatic carbocycles. The summed E-state index contributed by atoms with van der Waals surface area (Å²) in [5.41, 5.74) is 2.54. The van der Waals surface area contributed by atoms with Gasteiger partial charge < -0.3 is 5.32 Å². The van der Waals surface area contributed by atoms with Crippen molar-refractivity contribution in [1.29, 1.82) is 0 Å². The molecule has 17 heavy (non-hydrogen) atoms. The van der Waals surface area contributed by atoms with Gasteiger partial charge in [-0.3, -0.25) is 9.67 Å². The van der Waals surface area contributed by atoms with Gasteiger partial charge in [0.15, 0.2) is 0 Å². The molecule has 3 rings (SSSR count). The Morgan fingerprint density at radius 1 is 1.29 bits per heavy atom. The summed E-state index contributed by atoms with van der Waals surface area (Å²) in [6, 6.07) is 0. The van der Waals surface area contributed by atoms with Crippen LogP contribution in [0.5, 0.6) is 0 Å². The van der Waals surface area contributed by atoms with E-state index in [0.717, 1.165) is 31.6 Å². The number of nitrogens with zero attached hydrogens (tertiary/aromatic N) is 3. The van der Waals surface area contributed by atoms with Crippen LogP contribution in [0.4, 0.5) is 0 Å². The van der Waals surface area contributed by atoms with Crippen molar-refractivity contribution >= 4 is 0 Å². The summed E-state index contributed by atoms with van der Waals surface area (Å²) >= 11 is 0. The lowest BCUT2D eigenvalue weighted by Gasteiger charge is -2.34. The Balaban J connectivity index is 2.01. The van der Waals surface area contributed by atoms with Crippen molar-refractivity contribution in [2.45, 2.75) is 25.2 Å². The normalized spacial score (nSPS) is 19.4. The summed E-state index contributed by atoms with van der Waals surface area (Å²) in [7, 11) is 0. The van der Waals surface area contributed by atoms with Crippen molar-refractivity contribution in [2.24, 2.45) is 0 Å². The van der Waals surface area contributed by atoms with Gasteiger partial charge in [-0.1, -0.05) is 6.92 Å². The highest BCUT2D eigenvalue weighted by atomic mass is 15.2. The molecule has 3 heterocycles. The largest absolute Gasteiger partial charge is 0.317 e. The number of nitrogens with one attached hydrogen (secondary N) is 2. The maximum atomic E-state index is 4.30. The molecule has 1 saturated heterocycles. The summed E-state index contributed by atoms with van der Waals surface area (Å²) in [5.74, 6) is 0. The Kier molecular flexibility index (Phi) is 2.48. The third-order valence-corrected chi connectivity index (χ3v) is 3.73. The third kappa shape index (κ3) is 1.76. The van der Waals surface area contributed by atoms with E-state index in [1.165, 1.54) is 5.69 Å². The van der Waals surface area contributed by atoms with Crippen LogP contribution in [0.25, 0.3) is 5.69 Å². The minimum atomic E-state index is 0.207. The van der Waals surface area contributed by atoms with Crippen LogP contribution in [0.15, 0.2) is 24.9 Å². The molecule has 0 amide bonds. The van der Waals surface area contributed by atoms with Gasteiger partial charge in [0.2, 0.25) is 0 Å². The van der Waals surface area contributed by atoms with Crippen molar-refractivity contribution in [3.63, 3.8) is 0 Å². The lowest BCUT2D eigenvalue weighted by molar-refractivity contribution is 0.324. The van der Waals surface area contributed by atoms with E-state index in [2.05, 4.69) is 32.0 Å². The first-order chi connectivity index (χ1) is 8.30. The fraction of sp³-hybridized carbons (Fsp3) is 0.500. The minimum Gasteiger partial charge on any atom is -0.317 e. The average molecular weight is 231 g/mol. The fourth-order valence-corrected chi connectivity index (χ4v) is 2.56. The zero-order chi connectivity index (χ0) is 11.7. The van der Waals surface area contributed by atoms with Gasteiger partial charge in [-0.2, -0.15) is 5.10 Å². The van der Waals surface area contributed by atoms with Crippen LogP contribution in [0.2, 0.25) is 0 Å². The van der Waals surface area contributed by atoms with Crippen molar-refractivity contribution < 1.29 is 0 Å². The topological polar surface area (TPSA) is 58.5 Å². The molecular formula is C12H17N5. The Morgan fingerprint density at radius 2 is 2.12 bits per heavy atom. The lowest BCUT2D eigenvalue weighted by Crippen LogP contribution is -2.38. The van der Waals surface area contributed by atoms with Crippen molar-refractivity contribution in [2.75, 3.05) is 13.1 Å². The van der Waals surface area contributed by atoms with E-state index in [-0.39, 0.29) is 5.41 Å². The van der Waals surface area contributed by atoms with E-state index in [4.69, 9.17) is 0 Å². The Bertz CT molecular complexity index is 479. The van der Waals surface area contributed by atoms with Crippen LogP contribution in [0.1, 0.15) is 25.5 Å². The summed E-state index contributed by atoms with van der Waals surface area (Å²) in [6.45, 7) is 4.47. The number of H-pyrrole nitrogens is 1. The quantitative estimate of drug-likeness (QED) is 0.817. The molecule has 1 aliphatic heterocycles. The molecule has 0 bridgehead atoms. The highest BCUT2D eigenvalue weighted by molar-refractivity contribution is 5.31. The highest BCUT2D eigenvalue weighted by Crippen LogP contribution is 2.33. The van der Waals surface area contributed by atoms with Crippen molar-refractivity contribution in [1.82, 2.24) is 25.1 Å². The molecule has 5 heteroatoms. The zero-order valence-electron chi connectivity index (χ0n) is 9.98. The van der Waals surface area contributed by atoms with Crippen molar-refractivity contribution in [3.8, 4) is 5.69 Å². The maximum absolute atomic E-state index is 4.30. The second-order valence-electron chi connectivity index (χ2n) is 4.92. The number of hydrogen-bond donors (Lipinski definition) is 2. The summed E-state index contributed by atoms with van der Waals surface area (Å²) in [6.07, 6.45) is 9.88. The molecule has 0 radical (unpaired) electrons. The van der Waals surface area contributed by atoms with Crippen LogP contribution in [-0.4, -0.2) is 32.8 Å². The Labute approximate surface area is 100 Å². The molecule has 1 aliphatic rings. The Hall–Kier alpha value is -1.62. The molecule has 0 saturated carbocycles. The van der Waals surface area contributed by atoms with Crippen LogP contribution < -0.4 is 5.32 Å². The summed E-state index contributed by atoms with van der Waals surface area (Å²) < 4.78 is 2.13. The second-order valence-corrected chi connectivity index (χ2v) is 4.92. The van der Waals surface area contributed by atoms with E-state index in [0.29, 0.717) is 0 Å². The number of piperidine rings is 1. The number of aromatic amines is 1. The third-order valence-electron chi connectivity index (χ3n) is 3.73. The molecule has 1 fully saturated rings. The van der Waals surface area contributed by atoms with Gasteiger partial charge in [-0.05, 0) is 25.9 Å². The zero-order valence-corrected chi connectivity index (χ0v) is 9.98. The SMILES string of the molecule is CC1(c2cncn2-c2cn[nH]c2)CCNCC1. The molecule has 0 unspecified atom stereocenters. The summed E-state index contributed by atoms with van der Waals surface area (Å²) in [5, 5.41) is 10.3. The Morgan fingerprint density at radius 3 is 2.82 bits per heavy atom. The number of imidazole rings is 1. The van der Waals surface area contributed by atoms with Crippen LogP contribution in [0, 0.1) is 0 Å². The maximum Gasteiger partial charge on any atom is 0.0995 e. The van der Waals surface area contributed by atoms with Gasteiger partial charge in [0.1, 0.15) is 0 Å². The van der Waals surface area contributed by atoms with Gasteiger partial charge in [0.25, 0.3) is 0 Å². The van der Waals surface area contributed by atoms with Crippen LogP contribution in [-0.2, 0) is 5.41 Å². The predicted molar refractivity (Wildman–Crippen MR) is 65.2 cm³/mol. The van der Waals surface area contributed by atoms with Gasteiger partial charge in [0, 0.05) is 23.5 Å². The molecule has 2 aromatic rings. The summed E-state index contributed by atoms with van der Waals surface area (Å²) in [4.78, 5) is 4.30. The monoisotopic (exact) mass is 231 g/mol. The molecule has 2 aromatic heterocycles. The molecule has 2 N–H and O–H groups in total. The second kappa shape index (κ2) is 4.00. The van der Waals surface area contributed by atoms with Gasteiger partial charge in [-0.15, -0.1) is 0 Å². The number of aromatic nitrogens is 4. The van der Waals surface area contributed by atoms with Gasteiger partial charge in [-0.25, -0.2) is 4.98 Å². The molecule has 90 valence electrons. The first-order valence-electron chi connectivity index (χ1n) is 6.02. The van der Waals surface area contributed by atoms with Crippen LogP contribution in [0.3, 0.4) is 0 Å². The first-order valence-corrected chi connectivity index (χ1v) is 6.02. The van der Waals surface area contributed by atoms with E-state index >= 15 is 0 Å². The smallest absolute Gasteiger partial charge is 0.0995 e. The van der Waals surface area contributed by atoms with E-state index in [9.17, 15) is 0 Å². The minimum absolute atomic E-state index is 0.207. The number of hydrogen-bond acceptors (Lipinski definition) is 3. The van der Waals surface area contributed by atoms with E-state index in [1.54, 1.807) is 0 Å². The van der Waals surface area contributed by atoms with Gasteiger partial charge >= 0.3 is 0 Å². The number of rotatable bonds is 2. The van der Waals surface area contributed by atoms with E-state index in [1.807, 2.05) is 24.9 Å².